The molecule has 0 radical (unpaired) electrons. The summed E-state index contributed by atoms with van der Waals surface area (Å²) in [5.74, 6) is 0.666. The monoisotopic (exact) mass is 439 g/mol. The van der Waals surface area contributed by atoms with E-state index in [1.54, 1.807) is 19.1 Å². The molecule has 0 bridgehead atoms. The van der Waals surface area contributed by atoms with E-state index in [1.807, 2.05) is 6.92 Å². The van der Waals surface area contributed by atoms with Crippen LogP contribution in [-0.2, 0) is 14.8 Å². The summed E-state index contributed by atoms with van der Waals surface area (Å²) in [5.41, 5.74) is -1.52. The molecule has 0 fully saturated rings. The summed E-state index contributed by atoms with van der Waals surface area (Å²) in [5, 5.41) is 6.99. The average Bonchev–Trinajstić information content (AvgIpc) is 3.26. The van der Waals surface area contributed by atoms with E-state index in [9.17, 15) is 22.8 Å². The van der Waals surface area contributed by atoms with Crippen LogP contribution in [0.5, 0.6) is 0 Å². The zero-order valence-electron chi connectivity index (χ0n) is 16.3. The summed E-state index contributed by atoms with van der Waals surface area (Å²) in [6, 6.07) is 3.24. The standard InChI is InChI=1S/C18H21N3O6S2/c1-5-10(12-7-6-9(2)27-12)19-13-14(17(24)16(13)23)20-11-8-28-18(15(11)22)29(25,26)21(3)4/h6-8,10,18-20H,5H2,1-4H3/t10-,18?/m1/s1. The molecule has 1 aromatic carbocycles. The molecular weight excluding hydrogens is 418 g/mol. The zero-order chi connectivity index (χ0) is 21.5. The van der Waals surface area contributed by atoms with Crippen LogP contribution in [0.15, 0.2) is 37.2 Å². The number of furan rings is 1. The molecule has 3 rings (SSSR count). The molecule has 156 valence electrons. The predicted molar refractivity (Wildman–Crippen MR) is 112 cm³/mol. The van der Waals surface area contributed by atoms with Gasteiger partial charge in [0, 0.05) is 14.1 Å². The molecule has 11 heteroatoms. The molecule has 0 aliphatic carbocycles. The number of hydrogen-bond donors (Lipinski definition) is 2. The largest absolute Gasteiger partial charge is 0.464 e. The second-order valence-electron chi connectivity index (χ2n) is 6.78. The Kier molecular flexibility index (Phi) is 5.74. The average molecular weight is 440 g/mol. The summed E-state index contributed by atoms with van der Waals surface area (Å²) in [7, 11) is -1.14. The van der Waals surface area contributed by atoms with E-state index < -0.39 is 31.2 Å². The number of ketones is 1. The van der Waals surface area contributed by atoms with Crippen LogP contribution in [0.2, 0.25) is 0 Å². The quantitative estimate of drug-likeness (QED) is 0.589. The molecule has 0 saturated carbocycles. The van der Waals surface area contributed by atoms with Crippen molar-refractivity contribution in [2.75, 3.05) is 24.7 Å². The second kappa shape index (κ2) is 7.81. The molecule has 2 aromatic rings. The van der Waals surface area contributed by atoms with Gasteiger partial charge >= 0.3 is 0 Å². The number of anilines is 2. The Morgan fingerprint density at radius 2 is 1.83 bits per heavy atom. The molecule has 2 atom stereocenters. The Morgan fingerprint density at radius 3 is 2.38 bits per heavy atom. The van der Waals surface area contributed by atoms with E-state index in [-0.39, 0.29) is 23.1 Å². The molecule has 1 aromatic heterocycles. The van der Waals surface area contributed by atoms with Gasteiger partial charge in [-0.05, 0) is 30.9 Å². The first-order valence-electron chi connectivity index (χ1n) is 8.82. The van der Waals surface area contributed by atoms with E-state index in [0.29, 0.717) is 12.2 Å². The van der Waals surface area contributed by atoms with E-state index >= 15 is 0 Å². The first-order valence-corrected chi connectivity index (χ1v) is 11.3. The Hall–Kier alpha value is -2.37. The molecule has 29 heavy (non-hydrogen) atoms. The number of aryl methyl sites for hydroxylation is 1. The third-order valence-electron chi connectivity index (χ3n) is 4.57. The van der Waals surface area contributed by atoms with Gasteiger partial charge in [-0.25, -0.2) is 12.7 Å². The van der Waals surface area contributed by atoms with E-state index in [0.717, 1.165) is 21.8 Å². The maximum Gasteiger partial charge on any atom is 0.253 e. The number of rotatable bonds is 8. The number of nitrogens with one attached hydrogen (secondary N) is 2. The van der Waals surface area contributed by atoms with Gasteiger partial charge < -0.3 is 15.1 Å². The second-order valence-corrected chi connectivity index (χ2v) is 10.3. The number of carbonyl (C=O) groups is 1. The molecule has 2 heterocycles. The summed E-state index contributed by atoms with van der Waals surface area (Å²) in [4.78, 5) is 36.7. The van der Waals surface area contributed by atoms with Crippen LogP contribution < -0.4 is 21.5 Å². The number of allylic oxidation sites excluding steroid dienone is 1. The van der Waals surface area contributed by atoms with Gasteiger partial charge in [-0.2, -0.15) is 0 Å². The van der Waals surface area contributed by atoms with Crippen LogP contribution in [-0.4, -0.2) is 37.2 Å². The molecule has 9 nitrogen and oxygen atoms in total. The Balaban J connectivity index is 1.80. The van der Waals surface area contributed by atoms with Crippen molar-refractivity contribution in [1.29, 1.82) is 0 Å². The highest BCUT2D eigenvalue weighted by Crippen LogP contribution is 2.34. The Morgan fingerprint density at radius 1 is 1.17 bits per heavy atom. The molecular formula is C18H21N3O6S2. The number of thioether (sulfide) groups is 1. The van der Waals surface area contributed by atoms with Crippen molar-refractivity contribution in [3.63, 3.8) is 0 Å². The highest BCUT2D eigenvalue weighted by atomic mass is 32.3. The van der Waals surface area contributed by atoms with E-state index in [2.05, 4.69) is 10.6 Å². The predicted octanol–water partition coefficient (Wildman–Crippen LogP) is 1.53. The normalized spacial score (nSPS) is 18.3. The number of nitrogens with zero attached hydrogens (tertiary/aromatic N) is 1. The van der Waals surface area contributed by atoms with Crippen LogP contribution >= 0.6 is 11.8 Å². The highest BCUT2D eigenvalue weighted by Gasteiger charge is 2.41. The van der Waals surface area contributed by atoms with Crippen molar-refractivity contribution in [1.82, 2.24) is 4.31 Å². The van der Waals surface area contributed by atoms with Gasteiger partial charge in [0.1, 0.15) is 22.9 Å². The topological polar surface area (TPSA) is 126 Å². The fourth-order valence-electron chi connectivity index (χ4n) is 2.84. The minimum absolute atomic E-state index is 0.0394. The van der Waals surface area contributed by atoms with Gasteiger partial charge in [0.15, 0.2) is 4.58 Å². The van der Waals surface area contributed by atoms with E-state index in [4.69, 9.17) is 4.42 Å². The first-order chi connectivity index (χ1) is 13.6. The number of sulfonamides is 1. The van der Waals surface area contributed by atoms with Gasteiger partial charge in [-0.15, -0.1) is 11.8 Å². The lowest BCUT2D eigenvalue weighted by molar-refractivity contribution is -0.113. The van der Waals surface area contributed by atoms with Crippen LogP contribution in [0.25, 0.3) is 0 Å². The Labute approximate surface area is 171 Å². The maximum absolute atomic E-state index is 12.5. The fraction of sp³-hybridized carbons (Fsp3) is 0.389. The van der Waals surface area contributed by atoms with Crippen LogP contribution in [0, 0.1) is 6.92 Å². The first kappa shape index (κ1) is 21.3. The maximum atomic E-state index is 12.5. The van der Waals surface area contributed by atoms with Gasteiger partial charge in [-0.1, -0.05) is 6.92 Å². The zero-order valence-corrected chi connectivity index (χ0v) is 17.9. The summed E-state index contributed by atoms with van der Waals surface area (Å²) < 4.78 is 29.7. The van der Waals surface area contributed by atoms with Gasteiger partial charge in [0.05, 0.1) is 11.7 Å². The van der Waals surface area contributed by atoms with Crippen molar-refractivity contribution < 1.29 is 17.6 Å². The molecule has 0 spiro atoms. The SMILES string of the molecule is CC[C@@H](Nc1c(NC2=CSC(S(=O)(=O)N(C)C)C2=O)c(=O)c1=O)c1ccc(C)o1. The lowest BCUT2D eigenvalue weighted by atomic mass is 10.1. The Bertz CT molecular complexity index is 1150. The summed E-state index contributed by atoms with van der Waals surface area (Å²) in [6.07, 6.45) is 0.589. The number of Topliss-reactive ketones (excluding diaryl/α,β-unsaturated/α-hetero) is 1. The van der Waals surface area contributed by atoms with E-state index in [1.165, 1.54) is 19.5 Å². The lowest BCUT2D eigenvalue weighted by Crippen LogP contribution is -2.40. The lowest BCUT2D eigenvalue weighted by Gasteiger charge is -2.20. The van der Waals surface area contributed by atoms with Gasteiger partial charge in [-0.3, -0.25) is 14.4 Å². The fourth-order valence-corrected chi connectivity index (χ4v) is 5.55. The molecule has 1 aliphatic rings. The molecule has 1 aliphatic heterocycles. The van der Waals surface area contributed by atoms with Crippen molar-refractivity contribution >= 4 is 38.9 Å². The third-order valence-corrected chi connectivity index (χ3v) is 8.24. The van der Waals surface area contributed by atoms with Crippen molar-refractivity contribution in [2.45, 2.75) is 30.9 Å². The minimum atomic E-state index is -3.82. The van der Waals surface area contributed by atoms with Crippen LogP contribution in [0.1, 0.15) is 30.9 Å². The summed E-state index contributed by atoms with van der Waals surface area (Å²) in [6.45, 7) is 3.69. The van der Waals surface area contributed by atoms with Crippen molar-refractivity contribution in [3.8, 4) is 0 Å². The molecule has 2 N–H and O–H groups in total. The molecule has 0 saturated heterocycles. The number of hydrogen-bond acceptors (Lipinski definition) is 9. The summed E-state index contributed by atoms with van der Waals surface area (Å²) >= 11 is 0.834. The van der Waals surface area contributed by atoms with Crippen molar-refractivity contribution in [2.24, 2.45) is 0 Å². The van der Waals surface area contributed by atoms with Crippen molar-refractivity contribution in [3.05, 3.63) is 55.2 Å². The third kappa shape index (κ3) is 3.77. The van der Waals surface area contributed by atoms with Gasteiger partial charge in [0.2, 0.25) is 15.8 Å². The minimum Gasteiger partial charge on any atom is -0.464 e. The molecule has 0 amide bonds. The van der Waals surface area contributed by atoms with Crippen LogP contribution in [0.4, 0.5) is 11.4 Å². The molecule has 1 unspecified atom stereocenters. The smallest absolute Gasteiger partial charge is 0.253 e. The van der Waals surface area contributed by atoms with Gasteiger partial charge in [0.25, 0.3) is 10.9 Å². The number of carbonyl (C=O) groups excluding carboxylic acids is 1. The van der Waals surface area contributed by atoms with Crippen LogP contribution in [0.3, 0.4) is 0 Å². The highest BCUT2D eigenvalue weighted by molar-refractivity contribution is 8.16.